The van der Waals surface area contributed by atoms with Gasteiger partial charge in [-0.05, 0) is 24.3 Å². The molecule has 1 heterocycles. The molecule has 0 fully saturated rings. The molecule has 0 aliphatic carbocycles. The average Bonchev–Trinajstić information content (AvgIpc) is 2.65. The second-order valence-electron chi connectivity index (χ2n) is 3.84. The van der Waals surface area contributed by atoms with Gasteiger partial charge >= 0.3 is 0 Å². The van der Waals surface area contributed by atoms with E-state index in [2.05, 4.69) is 0 Å². The molecule has 0 N–H and O–H groups in total. The molecule has 84 valence electrons. The molecule has 2 nitrogen and oxygen atoms in total. The molecule has 3 heteroatoms. The van der Waals surface area contributed by atoms with Gasteiger partial charge in [-0.15, -0.1) is 11.3 Å². The quantitative estimate of drug-likeness (QED) is 0.745. The zero-order valence-corrected chi connectivity index (χ0v) is 10.3. The molecule has 0 saturated heterocycles. The molecule has 0 amide bonds. The Bertz CT molecular complexity index is 291. The molecule has 0 spiro atoms. The summed E-state index contributed by atoms with van der Waals surface area (Å²) >= 11 is 1.62. The topological polar surface area (TPSA) is 26.3 Å². The first kappa shape index (κ1) is 12.4. The van der Waals surface area contributed by atoms with Crippen molar-refractivity contribution in [1.29, 1.82) is 0 Å². The first-order chi connectivity index (χ1) is 7.15. The highest BCUT2D eigenvalue weighted by Gasteiger charge is 2.22. The Morgan fingerprint density at radius 3 is 2.73 bits per heavy atom. The molecule has 15 heavy (non-hydrogen) atoms. The number of hydrogen-bond donors (Lipinski definition) is 0. The lowest BCUT2D eigenvalue weighted by atomic mass is 10.0. The van der Waals surface area contributed by atoms with Gasteiger partial charge in [-0.3, -0.25) is 4.79 Å². The third kappa shape index (κ3) is 3.76. The van der Waals surface area contributed by atoms with Crippen LogP contribution in [0.2, 0.25) is 0 Å². The van der Waals surface area contributed by atoms with Crippen LogP contribution in [0, 0.1) is 5.92 Å². The van der Waals surface area contributed by atoms with Crippen molar-refractivity contribution in [1.82, 2.24) is 0 Å². The van der Waals surface area contributed by atoms with Gasteiger partial charge in [0.15, 0.2) is 5.78 Å². The van der Waals surface area contributed by atoms with Gasteiger partial charge in [0.25, 0.3) is 0 Å². The number of thiophene rings is 1. The van der Waals surface area contributed by atoms with E-state index >= 15 is 0 Å². The molecule has 0 bridgehead atoms. The standard InChI is InChI=1S/C12H18O2S/c1-4-14-12(9(2)3)11(13)8-10-6-5-7-15-10/h5-7,9,12H,4,8H2,1-3H3. The number of carbonyl (C=O) groups is 1. The molecule has 0 radical (unpaired) electrons. The van der Waals surface area contributed by atoms with Gasteiger partial charge in [0.2, 0.25) is 0 Å². The van der Waals surface area contributed by atoms with Gasteiger partial charge in [-0.1, -0.05) is 19.9 Å². The maximum absolute atomic E-state index is 11.9. The van der Waals surface area contributed by atoms with Crippen molar-refractivity contribution in [3.63, 3.8) is 0 Å². The third-order valence-electron chi connectivity index (χ3n) is 2.20. The molecule has 1 aromatic heterocycles. The maximum Gasteiger partial charge on any atom is 0.166 e. The molecular weight excluding hydrogens is 208 g/mol. The second kappa shape index (κ2) is 6.03. The van der Waals surface area contributed by atoms with Crippen LogP contribution in [-0.4, -0.2) is 18.5 Å². The summed E-state index contributed by atoms with van der Waals surface area (Å²) in [5.74, 6) is 0.437. The minimum absolute atomic E-state index is 0.189. The van der Waals surface area contributed by atoms with E-state index in [0.717, 1.165) is 4.88 Å². The molecule has 0 aliphatic heterocycles. The van der Waals surface area contributed by atoms with Crippen LogP contribution in [0.3, 0.4) is 0 Å². The Hall–Kier alpha value is -0.670. The van der Waals surface area contributed by atoms with E-state index in [4.69, 9.17) is 4.74 Å². The second-order valence-corrected chi connectivity index (χ2v) is 4.87. The fourth-order valence-corrected chi connectivity index (χ4v) is 2.24. The zero-order valence-electron chi connectivity index (χ0n) is 9.53. The number of ketones is 1. The van der Waals surface area contributed by atoms with Gasteiger partial charge in [0.05, 0.1) is 0 Å². The number of carbonyl (C=O) groups excluding carboxylic acids is 1. The summed E-state index contributed by atoms with van der Waals surface area (Å²) in [6.07, 6.45) is 0.248. The monoisotopic (exact) mass is 226 g/mol. The van der Waals surface area contributed by atoms with Crippen molar-refractivity contribution in [3.8, 4) is 0 Å². The Labute approximate surface area is 95.3 Å². The van der Waals surface area contributed by atoms with E-state index in [1.807, 2.05) is 38.3 Å². The van der Waals surface area contributed by atoms with Crippen LogP contribution < -0.4 is 0 Å². The van der Waals surface area contributed by atoms with E-state index in [-0.39, 0.29) is 17.8 Å². The van der Waals surface area contributed by atoms with E-state index in [0.29, 0.717) is 13.0 Å². The highest BCUT2D eigenvalue weighted by Crippen LogP contribution is 2.15. The number of ether oxygens (including phenoxy) is 1. The lowest BCUT2D eigenvalue weighted by Gasteiger charge is -2.18. The zero-order chi connectivity index (χ0) is 11.3. The van der Waals surface area contributed by atoms with Crippen molar-refractivity contribution < 1.29 is 9.53 Å². The highest BCUT2D eigenvalue weighted by atomic mass is 32.1. The van der Waals surface area contributed by atoms with Crippen LogP contribution in [0.4, 0.5) is 0 Å². The predicted molar refractivity (Wildman–Crippen MR) is 63.3 cm³/mol. The van der Waals surface area contributed by atoms with E-state index in [9.17, 15) is 4.79 Å². The van der Waals surface area contributed by atoms with Crippen LogP contribution in [0.1, 0.15) is 25.6 Å². The Balaban J connectivity index is 2.56. The normalized spacial score (nSPS) is 13.1. The SMILES string of the molecule is CCOC(C(=O)Cc1cccs1)C(C)C. The van der Waals surface area contributed by atoms with Gasteiger partial charge in [-0.25, -0.2) is 0 Å². The number of hydrogen-bond acceptors (Lipinski definition) is 3. The largest absolute Gasteiger partial charge is 0.370 e. The molecule has 0 aromatic carbocycles. The van der Waals surface area contributed by atoms with Gasteiger partial charge in [0.1, 0.15) is 6.10 Å². The summed E-state index contributed by atoms with van der Waals surface area (Å²) in [4.78, 5) is 13.0. The summed E-state index contributed by atoms with van der Waals surface area (Å²) in [7, 11) is 0. The van der Waals surface area contributed by atoms with Crippen LogP contribution in [0.5, 0.6) is 0 Å². The molecule has 0 saturated carbocycles. The summed E-state index contributed by atoms with van der Waals surface area (Å²) < 4.78 is 5.47. The van der Waals surface area contributed by atoms with Crippen LogP contribution >= 0.6 is 11.3 Å². The van der Waals surface area contributed by atoms with Crippen molar-refractivity contribution >= 4 is 17.1 Å². The molecular formula is C12H18O2S. The maximum atomic E-state index is 11.9. The van der Waals surface area contributed by atoms with E-state index < -0.39 is 0 Å². The lowest BCUT2D eigenvalue weighted by molar-refractivity contribution is -0.132. The molecule has 1 unspecified atom stereocenters. The molecule has 0 aliphatic rings. The average molecular weight is 226 g/mol. The summed E-state index contributed by atoms with van der Waals surface area (Å²) in [5.41, 5.74) is 0. The van der Waals surface area contributed by atoms with E-state index in [1.165, 1.54) is 0 Å². The number of rotatable bonds is 6. The van der Waals surface area contributed by atoms with Crippen molar-refractivity contribution in [2.45, 2.75) is 33.3 Å². The van der Waals surface area contributed by atoms with Crippen LogP contribution in [0.15, 0.2) is 17.5 Å². The Morgan fingerprint density at radius 2 is 2.27 bits per heavy atom. The van der Waals surface area contributed by atoms with Gasteiger partial charge < -0.3 is 4.74 Å². The van der Waals surface area contributed by atoms with Crippen molar-refractivity contribution in [3.05, 3.63) is 22.4 Å². The Kier molecular flexibility index (Phi) is 4.99. The first-order valence-corrected chi connectivity index (χ1v) is 6.19. The van der Waals surface area contributed by atoms with Crippen molar-refractivity contribution in [2.24, 2.45) is 5.92 Å². The van der Waals surface area contributed by atoms with E-state index in [1.54, 1.807) is 11.3 Å². The van der Waals surface area contributed by atoms with Crippen molar-refractivity contribution in [2.75, 3.05) is 6.61 Å². The molecule has 1 rings (SSSR count). The predicted octanol–water partition coefficient (Wildman–Crippen LogP) is 2.92. The minimum atomic E-state index is -0.253. The van der Waals surface area contributed by atoms with Crippen LogP contribution in [-0.2, 0) is 16.0 Å². The first-order valence-electron chi connectivity index (χ1n) is 5.31. The summed E-state index contributed by atoms with van der Waals surface area (Å²) in [6.45, 7) is 6.56. The fourth-order valence-electron chi connectivity index (χ4n) is 1.52. The molecule has 1 atom stereocenters. The fraction of sp³-hybridized carbons (Fsp3) is 0.583. The lowest BCUT2D eigenvalue weighted by Crippen LogP contribution is -2.30. The van der Waals surface area contributed by atoms with Gasteiger partial charge in [-0.2, -0.15) is 0 Å². The molecule has 1 aromatic rings. The Morgan fingerprint density at radius 1 is 1.53 bits per heavy atom. The minimum Gasteiger partial charge on any atom is -0.370 e. The summed E-state index contributed by atoms with van der Waals surface area (Å²) in [5, 5.41) is 1.99. The highest BCUT2D eigenvalue weighted by molar-refractivity contribution is 7.10. The van der Waals surface area contributed by atoms with Crippen LogP contribution in [0.25, 0.3) is 0 Å². The van der Waals surface area contributed by atoms with Gasteiger partial charge in [0, 0.05) is 17.9 Å². The third-order valence-corrected chi connectivity index (χ3v) is 3.07. The number of Topliss-reactive ketones (excluding diaryl/α,β-unsaturated/α-hetero) is 1. The smallest absolute Gasteiger partial charge is 0.166 e. The summed E-state index contributed by atoms with van der Waals surface area (Å²) in [6, 6.07) is 3.96.